The van der Waals surface area contributed by atoms with Gasteiger partial charge in [-0.05, 0) is 19.4 Å². The topological polar surface area (TPSA) is 95.7 Å². The zero-order valence-electron chi connectivity index (χ0n) is 18.1. The van der Waals surface area contributed by atoms with Crippen LogP contribution in [0.5, 0.6) is 5.88 Å². The minimum absolute atomic E-state index is 0.0176. The number of oxazole rings is 1. The Bertz CT molecular complexity index is 1080. The molecule has 1 fully saturated rings. The summed E-state index contributed by atoms with van der Waals surface area (Å²) >= 11 is 0. The molecule has 2 aliphatic carbocycles. The van der Waals surface area contributed by atoms with Gasteiger partial charge in [0.2, 0.25) is 17.7 Å². The van der Waals surface area contributed by atoms with Crippen LogP contribution in [-0.2, 0) is 14.3 Å². The summed E-state index contributed by atoms with van der Waals surface area (Å²) in [6.45, 7) is 3.52. The van der Waals surface area contributed by atoms with Gasteiger partial charge in [0.25, 0.3) is 5.92 Å². The summed E-state index contributed by atoms with van der Waals surface area (Å²) < 4.78 is 48.7. The zero-order chi connectivity index (χ0) is 22.9. The number of methoxy groups -OCH3 is 1. The van der Waals surface area contributed by atoms with Gasteiger partial charge in [-0.1, -0.05) is 0 Å². The number of hydrogen-bond acceptors (Lipinski definition) is 7. The molecule has 0 radical (unpaired) electrons. The molecule has 0 spiro atoms. The normalized spacial score (nSPS) is 20.5. The predicted octanol–water partition coefficient (Wildman–Crippen LogP) is 3.83. The monoisotopic (exact) mass is 449 g/mol. The van der Waals surface area contributed by atoms with E-state index in [4.69, 9.17) is 18.6 Å². The van der Waals surface area contributed by atoms with Crippen LogP contribution in [0.2, 0.25) is 0 Å². The lowest BCUT2D eigenvalue weighted by Gasteiger charge is -2.18. The molecule has 10 heteroatoms. The van der Waals surface area contributed by atoms with Crippen LogP contribution in [0.15, 0.2) is 34.3 Å². The Morgan fingerprint density at radius 1 is 1.38 bits per heavy atom. The summed E-state index contributed by atoms with van der Waals surface area (Å²) in [4.78, 5) is 19.8. The quantitative estimate of drug-likeness (QED) is 0.622. The molecule has 172 valence electrons. The summed E-state index contributed by atoms with van der Waals surface area (Å²) in [6.07, 6.45) is 4.26. The van der Waals surface area contributed by atoms with Gasteiger partial charge < -0.3 is 23.9 Å². The third kappa shape index (κ3) is 5.00. The highest BCUT2D eigenvalue weighted by molar-refractivity contribution is 5.76. The maximum absolute atomic E-state index is 13.1. The molecule has 0 unspecified atom stereocenters. The van der Waals surface area contributed by atoms with Gasteiger partial charge in [0.1, 0.15) is 17.9 Å². The van der Waals surface area contributed by atoms with Gasteiger partial charge in [-0.15, -0.1) is 0 Å². The fraction of sp³-hybridized carbons (Fsp3) is 0.500. The van der Waals surface area contributed by atoms with Crippen LogP contribution in [0.4, 0.5) is 8.78 Å². The van der Waals surface area contributed by atoms with E-state index in [2.05, 4.69) is 15.3 Å². The number of pyridine rings is 1. The van der Waals surface area contributed by atoms with Crippen molar-refractivity contribution >= 4 is 22.6 Å². The molecule has 2 aliphatic rings. The number of allylic oxidation sites excluding steroid dienone is 3. The number of carbonyl (C=O) groups excluding carboxylic acids is 1. The number of halogens is 2. The first kappa shape index (κ1) is 22.0. The van der Waals surface area contributed by atoms with Crippen molar-refractivity contribution < 1.29 is 32.2 Å². The standard InChI is InChI=1S/C22H25F2N3O5/c1-12(26-13(2)28)10-31-20-7-18-16(9-25-20)27-21(32-18)14-4-5-17(19(6-14)29-3)30-11-15-8-22(15,23)24/h6-7,9,12,15H,4-5,8,10-11H2,1-3H3,(H,26,28)/t12-,15+/m0/s1. The second-order valence-corrected chi connectivity index (χ2v) is 8.06. The molecule has 32 heavy (non-hydrogen) atoms. The van der Waals surface area contributed by atoms with Crippen molar-refractivity contribution in [1.29, 1.82) is 0 Å². The van der Waals surface area contributed by atoms with Gasteiger partial charge in [-0.25, -0.2) is 18.7 Å². The fourth-order valence-corrected chi connectivity index (χ4v) is 3.45. The Labute approximate surface area is 183 Å². The largest absolute Gasteiger partial charge is 0.494 e. The number of amides is 1. The molecule has 1 N–H and O–H groups in total. The van der Waals surface area contributed by atoms with Gasteiger partial charge in [0.05, 0.1) is 31.9 Å². The lowest BCUT2D eigenvalue weighted by molar-refractivity contribution is -0.119. The summed E-state index contributed by atoms with van der Waals surface area (Å²) in [6, 6.07) is 1.48. The number of hydrogen-bond donors (Lipinski definition) is 1. The smallest absolute Gasteiger partial charge is 0.255 e. The van der Waals surface area contributed by atoms with E-state index < -0.39 is 11.8 Å². The number of nitrogens with one attached hydrogen (secondary N) is 1. The molecular weight excluding hydrogens is 424 g/mol. The zero-order valence-corrected chi connectivity index (χ0v) is 18.1. The third-order valence-corrected chi connectivity index (χ3v) is 5.29. The molecule has 0 saturated heterocycles. The van der Waals surface area contributed by atoms with Crippen molar-refractivity contribution in [2.75, 3.05) is 20.3 Å². The molecule has 1 saturated carbocycles. The molecule has 8 nitrogen and oxygen atoms in total. The van der Waals surface area contributed by atoms with Crippen LogP contribution in [-0.4, -0.2) is 48.2 Å². The van der Waals surface area contributed by atoms with E-state index in [1.165, 1.54) is 14.0 Å². The number of rotatable bonds is 9. The van der Waals surface area contributed by atoms with Crippen LogP contribution < -0.4 is 10.1 Å². The van der Waals surface area contributed by atoms with Crippen LogP contribution in [0.1, 0.15) is 39.0 Å². The minimum Gasteiger partial charge on any atom is -0.494 e. The SMILES string of the molecule is COC1=C(OC[C@H]2CC2(F)F)CCC(c2nc3cnc(OC[C@H](C)NC(C)=O)cc3o2)=C1. The number of carbonyl (C=O) groups is 1. The van der Waals surface area contributed by atoms with E-state index in [9.17, 15) is 13.6 Å². The number of nitrogens with zero attached hydrogens (tertiary/aromatic N) is 2. The predicted molar refractivity (Wildman–Crippen MR) is 111 cm³/mol. The van der Waals surface area contributed by atoms with Crippen molar-refractivity contribution in [2.45, 2.75) is 45.1 Å². The first-order chi connectivity index (χ1) is 15.2. The van der Waals surface area contributed by atoms with Crippen LogP contribution in [0.3, 0.4) is 0 Å². The van der Waals surface area contributed by atoms with Crippen molar-refractivity contribution in [3.8, 4) is 5.88 Å². The Morgan fingerprint density at radius 2 is 2.16 bits per heavy atom. The number of aromatic nitrogens is 2. The van der Waals surface area contributed by atoms with Crippen LogP contribution in [0, 0.1) is 5.92 Å². The average Bonchev–Trinajstić information content (AvgIpc) is 3.16. The maximum Gasteiger partial charge on any atom is 0.255 e. The Morgan fingerprint density at radius 3 is 2.84 bits per heavy atom. The second-order valence-electron chi connectivity index (χ2n) is 8.06. The molecule has 0 aromatic carbocycles. The van der Waals surface area contributed by atoms with Gasteiger partial charge >= 0.3 is 0 Å². The van der Waals surface area contributed by atoms with Crippen LogP contribution in [0.25, 0.3) is 16.7 Å². The lowest BCUT2D eigenvalue weighted by Crippen LogP contribution is -2.35. The summed E-state index contributed by atoms with van der Waals surface area (Å²) in [5.41, 5.74) is 1.90. The minimum atomic E-state index is -2.61. The van der Waals surface area contributed by atoms with Gasteiger partial charge in [0, 0.05) is 31.4 Å². The maximum atomic E-state index is 13.1. The molecule has 2 aromatic heterocycles. The van der Waals surface area contributed by atoms with Gasteiger partial charge in [-0.3, -0.25) is 4.79 Å². The molecule has 1 amide bonds. The molecule has 0 bridgehead atoms. The number of ether oxygens (including phenoxy) is 3. The van der Waals surface area contributed by atoms with E-state index in [-0.39, 0.29) is 31.6 Å². The first-order valence-electron chi connectivity index (χ1n) is 10.4. The van der Waals surface area contributed by atoms with Crippen molar-refractivity contribution in [1.82, 2.24) is 15.3 Å². The molecule has 2 heterocycles. The van der Waals surface area contributed by atoms with Gasteiger partial charge in [0.15, 0.2) is 11.3 Å². The Hall–Kier alpha value is -3.17. The average molecular weight is 449 g/mol. The highest BCUT2D eigenvalue weighted by Gasteiger charge is 2.57. The first-order valence-corrected chi connectivity index (χ1v) is 10.4. The molecule has 4 rings (SSSR count). The summed E-state index contributed by atoms with van der Waals surface area (Å²) in [5, 5.41) is 2.73. The highest BCUT2D eigenvalue weighted by Crippen LogP contribution is 2.49. The second kappa shape index (κ2) is 8.76. The summed E-state index contributed by atoms with van der Waals surface area (Å²) in [7, 11) is 1.51. The van der Waals surface area contributed by atoms with E-state index in [0.29, 0.717) is 47.2 Å². The van der Waals surface area contributed by atoms with E-state index >= 15 is 0 Å². The molecule has 2 aromatic rings. The van der Waals surface area contributed by atoms with Crippen molar-refractivity contribution in [2.24, 2.45) is 5.92 Å². The number of fused-ring (bicyclic) bond motifs is 1. The van der Waals surface area contributed by atoms with Crippen molar-refractivity contribution in [3.63, 3.8) is 0 Å². The Balaban J connectivity index is 1.45. The molecule has 2 atom stereocenters. The Kier molecular flexibility index (Phi) is 6.03. The lowest BCUT2D eigenvalue weighted by atomic mass is 10.0. The van der Waals surface area contributed by atoms with E-state index in [1.807, 2.05) is 6.92 Å². The van der Waals surface area contributed by atoms with E-state index in [0.717, 1.165) is 5.57 Å². The number of alkyl halides is 2. The third-order valence-electron chi connectivity index (χ3n) is 5.29. The highest BCUT2D eigenvalue weighted by atomic mass is 19.3. The van der Waals surface area contributed by atoms with Crippen LogP contribution >= 0.6 is 0 Å². The van der Waals surface area contributed by atoms with Gasteiger partial charge in [-0.2, -0.15) is 0 Å². The summed E-state index contributed by atoms with van der Waals surface area (Å²) in [5.74, 6) is -1.64. The molecular formula is C22H25F2N3O5. The van der Waals surface area contributed by atoms with Crippen molar-refractivity contribution in [3.05, 3.63) is 35.7 Å². The fourth-order valence-electron chi connectivity index (χ4n) is 3.45. The molecule has 0 aliphatic heterocycles. The van der Waals surface area contributed by atoms with E-state index in [1.54, 1.807) is 18.3 Å².